The second-order valence-electron chi connectivity index (χ2n) is 4.45. The van der Waals surface area contributed by atoms with E-state index in [2.05, 4.69) is 0 Å². The van der Waals surface area contributed by atoms with E-state index in [0.29, 0.717) is 29.4 Å². The van der Waals surface area contributed by atoms with Crippen LogP contribution in [-0.4, -0.2) is 6.61 Å². The van der Waals surface area contributed by atoms with E-state index in [4.69, 9.17) is 15.2 Å². The third-order valence-corrected chi connectivity index (χ3v) is 2.81. The van der Waals surface area contributed by atoms with Crippen molar-refractivity contribution in [2.24, 2.45) is 5.73 Å². The van der Waals surface area contributed by atoms with Crippen molar-refractivity contribution in [1.29, 1.82) is 0 Å². The molecule has 106 valence electrons. The molecule has 0 fully saturated rings. The first kappa shape index (κ1) is 14.3. The Morgan fingerprint density at radius 1 is 1.15 bits per heavy atom. The van der Waals surface area contributed by atoms with E-state index in [1.807, 2.05) is 19.1 Å². The Morgan fingerprint density at radius 3 is 2.55 bits per heavy atom. The molecule has 0 aliphatic carbocycles. The maximum absolute atomic E-state index is 13.8. The topological polar surface area (TPSA) is 44.5 Å². The molecule has 0 amide bonds. The van der Waals surface area contributed by atoms with Crippen LogP contribution in [0.4, 0.5) is 4.39 Å². The summed E-state index contributed by atoms with van der Waals surface area (Å²) in [5.41, 5.74) is 6.17. The second-order valence-corrected chi connectivity index (χ2v) is 4.45. The standard InChI is InChI=1S/C16H18FNO2/c1-3-19-12-6-4-7-13(10-12)20-15-9-5-8-14(17)16(15)11(2)18/h4-11H,3,18H2,1-2H3/t11-/m1/s1. The van der Waals surface area contributed by atoms with Gasteiger partial charge in [0.25, 0.3) is 0 Å². The van der Waals surface area contributed by atoms with Crippen LogP contribution < -0.4 is 15.2 Å². The Balaban J connectivity index is 2.30. The van der Waals surface area contributed by atoms with Gasteiger partial charge in [-0.15, -0.1) is 0 Å². The normalized spacial score (nSPS) is 12.0. The Kier molecular flexibility index (Phi) is 4.58. The minimum Gasteiger partial charge on any atom is -0.494 e. The van der Waals surface area contributed by atoms with Gasteiger partial charge in [-0.2, -0.15) is 0 Å². The monoisotopic (exact) mass is 275 g/mol. The quantitative estimate of drug-likeness (QED) is 0.895. The number of hydrogen-bond acceptors (Lipinski definition) is 3. The van der Waals surface area contributed by atoms with Gasteiger partial charge in [-0.3, -0.25) is 0 Å². The van der Waals surface area contributed by atoms with E-state index >= 15 is 0 Å². The molecule has 0 unspecified atom stereocenters. The van der Waals surface area contributed by atoms with Crippen molar-refractivity contribution in [2.75, 3.05) is 6.61 Å². The average molecular weight is 275 g/mol. The number of hydrogen-bond donors (Lipinski definition) is 1. The summed E-state index contributed by atoms with van der Waals surface area (Å²) in [5, 5.41) is 0. The van der Waals surface area contributed by atoms with Gasteiger partial charge in [0.15, 0.2) is 0 Å². The van der Waals surface area contributed by atoms with Crippen molar-refractivity contribution in [1.82, 2.24) is 0 Å². The first-order valence-electron chi connectivity index (χ1n) is 6.56. The fraction of sp³-hybridized carbons (Fsp3) is 0.250. The van der Waals surface area contributed by atoms with Gasteiger partial charge in [-0.05, 0) is 38.1 Å². The van der Waals surface area contributed by atoms with Gasteiger partial charge in [0.2, 0.25) is 0 Å². The molecule has 0 spiro atoms. The van der Waals surface area contributed by atoms with Crippen LogP contribution >= 0.6 is 0 Å². The highest BCUT2D eigenvalue weighted by atomic mass is 19.1. The van der Waals surface area contributed by atoms with Crippen molar-refractivity contribution in [3.63, 3.8) is 0 Å². The molecule has 2 rings (SSSR count). The van der Waals surface area contributed by atoms with Crippen molar-refractivity contribution < 1.29 is 13.9 Å². The first-order chi connectivity index (χ1) is 9.61. The number of benzene rings is 2. The van der Waals surface area contributed by atoms with Crippen LogP contribution in [0.15, 0.2) is 42.5 Å². The van der Waals surface area contributed by atoms with Crippen LogP contribution in [0.25, 0.3) is 0 Å². The first-order valence-corrected chi connectivity index (χ1v) is 6.56. The third-order valence-electron chi connectivity index (χ3n) is 2.81. The number of halogens is 1. The summed E-state index contributed by atoms with van der Waals surface area (Å²) in [4.78, 5) is 0. The lowest BCUT2D eigenvalue weighted by atomic mass is 10.1. The highest BCUT2D eigenvalue weighted by Gasteiger charge is 2.14. The average Bonchev–Trinajstić information content (AvgIpc) is 2.39. The van der Waals surface area contributed by atoms with Crippen LogP contribution in [0, 0.1) is 5.82 Å². The van der Waals surface area contributed by atoms with Crippen molar-refractivity contribution in [2.45, 2.75) is 19.9 Å². The summed E-state index contributed by atoms with van der Waals surface area (Å²) < 4.78 is 25.0. The smallest absolute Gasteiger partial charge is 0.135 e. The molecular formula is C16H18FNO2. The fourth-order valence-electron chi connectivity index (χ4n) is 1.97. The molecule has 3 nitrogen and oxygen atoms in total. The van der Waals surface area contributed by atoms with Gasteiger partial charge >= 0.3 is 0 Å². The molecule has 0 radical (unpaired) electrons. The lowest BCUT2D eigenvalue weighted by Gasteiger charge is -2.15. The molecule has 0 aliphatic heterocycles. The van der Waals surface area contributed by atoms with Crippen LogP contribution in [0.3, 0.4) is 0 Å². The third kappa shape index (κ3) is 3.27. The van der Waals surface area contributed by atoms with Gasteiger partial charge in [0.1, 0.15) is 23.1 Å². The second kappa shape index (κ2) is 6.39. The van der Waals surface area contributed by atoms with Crippen molar-refractivity contribution in [3.05, 3.63) is 53.8 Å². The Morgan fingerprint density at radius 2 is 1.85 bits per heavy atom. The van der Waals surface area contributed by atoms with Gasteiger partial charge in [-0.25, -0.2) is 4.39 Å². The minimum atomic E-state index is -0.443. The van der Waals surface area contributed by atoms with E-state index in [-0.39, 0.29) is 5.82 Å². The molecule has 4 heteroatoms. The number of rotatable bonds is 5. The Labute approximate surface area is 118 Å². The lowest BCUT2D eigenvalue weighted by Crippen LogP contribution is -2.09. The summed E-state index contributed by atoms with van der Waals surface area (Å²) in [7, 11) is 0. The fourth-order valence-corrected chi connectivity index (χ4v) is 1.97. The molecule has 20 heavy (non-hydrogen) atoms. The van der Waals surface area contributed by atoms with Gasteiger partial charge in [0.05, 0.1) is 6.61 Å². The molecule has 2 N–H and O–H groups in total. The molecule has 0 saturated carbocycles. The van der Waals surface area contributed by atoms with E-state index < -0.39 is 6.04 Å². The molecule has 0 aliphatic rings. The van der Waals surface area contributed by atoms with E-state index in [9.17, 15) is 4.39 Å². The predicted molar refractivity (Wildman–Crippen MR) is 76.7 cm³/mol. The zero-order valence-corrected chi connectivity index (χ0v) is 11.6. The SMILES string of the molecule is CCOc1cccc(Oc2cccc(F)c2[C@@H](C)N)c1. The molecule has 0 heterocycles. The summed E-state index contributed by atoms with van der Waals surface area (Å²) in [5.74, 6) is 1.36. The van der Waals surface area contributed by atoms with Crippen LogP contribution in [0.5, 0.6) is 17.2 Å². The predicted octanol–water partition coefficient (Wildman–Crippen LogP) is 4.04. The maximum atomic E-state index is 13.8. The van der Waals surface area contributed by atoms with Gasteiger partial charge < -0.3 is 15.2 Å². The summed E-state index contributed by atoms with van der Waals surface area (Å²) in [6.07, 6.45) is 0. The highest BCUT2D eigenvalue weighted by molar-refractivity contribution is 5.42. The van der Waals surface area contributed by atoms with E-state index in [1.54, 1.807) is 31.2 Å². The maximum Gasteiger partial charge on any atom is 0.135 e. The van der Waals surface area contributed by atoms with Crippen LogP contribution in [0.2, 0.25) is 0 Å². The molecule has 0 aromatic heterocycles. The van der Waals surface area contributed by atoms with Crippen molar-refractivity contribution >= 4 is 0 Å². The zero-order chi connectivity index (χ0) is 14.5. The molecule has 2 aromatic carbocycles. The van der Waals surface area contributed by atoms with Crippen LogP contribution in [0.1, 0.15) is 25.5 Å². The summed E-state index contributed by atoms with van der Waals surface area (Å²) in [6.45, 7) is 4.21. The van der Waals surface area contributed by atoms with Crippen LogP contribution in [-0.2, 0) is 0 Å². The van der Waals surface area contributed by atoms with Gasteiger partial charge in [-0.1, -0.05) is 12.1 Å². The molecule has 1 atom stereocenters. The number of nitrogens with two attached hydrogens (primary N) is 1. The molecule has 2 aromatic rings. The largest absolute Gasteiger partial charge is 0.494 e. The summed E-state index contributed by atoms with van der Waals surface area (Å²) >= 11 is 0. The zero-order valence-electron chi connectivity index (χ0n) is 11.6. The highest BCUT2D eigenvalue weighted by Crippen LogP contribution is 2.32. The lowest BCUT2D eigenvalue weighted by molar-refractivity contribution is 0.338. The number of ether oxygens (including phenoxy) is 2. The molecule has 0 saturated heterocycles. The minimum absolute atomic E-state index is 0.363. The van der Waals surface area contributed by atoms with E-state index in [1.165, 1.54) is 6.07 Å². The van der Waals surface area contributed by atoms with E-state index in [0.717, 1.165) is 0 Å². The van der Waals surface area contributed by atoms with Gasteiger partial charge in [0, 0.05) is 17.7 Å². The Bertz CT molecular complexity index is 584. The molecule has 0 bridgehead atoms. The summed E-state index contributed by atoms with van der Waals surface area (Å²) in [6, 6.07) is 11.5. The van der Waals surface area contributed by atoms with Crippen molar-refractivity contribution in [3.8, 4) is 17.2 Å². The molecular weight excluding hydrogens is 257 g/mol. The Hall–Kier alpha value is -2.07.